The molecule has 4 aromatic carbocycles. The number of unbranched alkanes of at least 4 members (excludes halogenated alkanes) is 7. The first-order valence-corrected chi connectivity index (χ1v) is 19.1. The molecule has 55 heavy (non-hydrogen) atoms. The third-order valence-electron chi connectivity index (χ3n) is 9.75. The van der Waals surface area contributed by atoms with Crippen molar-refractivity contribution in [2.75, 3.05) is 11.4 Å². The van der Waals surface area contributed by atoms with Crippen molar-refractivity contribution in [3.8, 4) is 6.07 Å². The van der Waals surface area contributed by atoms with Crippen LogP contribution in [-0.2, 0) is 27.2 Å². The minimum atomic E-state index is -1.26. The highest BCUT2D eigenvalue weighted by molar-refractivity contribution is 5.97. The monoisotopic (exact) mass is 729 g/mol. The summed E-state index contributed by atoms with van der Waals surface area (Å²) in [5.74, 6) is -1.34. The predicted octanol–water partition coefficient (Wildman–Crippen LogP) is 11.6. The minimum absolute atomic E-state index is 0.0871. The van der Waals surface area contributed by atoms with Crippen LogP contribution in [-0.4, -0.2) is 24.1 Å². The predicted molar refractivity (Wildman–Crippen MR) is 222 cm³/mol. The molecule has 0 amide bonds. The van der Waals surface area contributed by atoms with Crippen molar-refractivity contribution in [3.63, 3.8) is 0 Å². The molecule has 0 saturated carbocycles. The Hall–Kier alpha value is -6.44. The molecule has 0 saturated heterocycles. The van der Waals surface area contributed by atoms with E-state index in [1.165, 1.54) is 55.7 Å². The van der Waals surface area contributed by atoms with Crippen LogP contribution < -0.4 is 4.90 Å². The Morgan fingerprint density at radius 2 is 1.29 bits per heavy atom. The molecule has 0 bridgehead atoms. The van der Waals surface area contributed by atoms with Crippen LogP contribution in [0.25, 0.3) is 28.1 Å². The first-order chi connectivity index (χ1) is 26.9. The lowest BCUT2D eigenvalue weighted by atomic mass is 9.97. The Bertz CT molecular complexity index is 2150. The van der Waals surface area contributed by atoms with Crippen LogP contribution in [0, 0.1) is 17.9 Å². The number of nitrogens with zero attached hydrogens (tertiary/aromatic N) is 3. The molecule has 1 N–H and O–H groups in total. The van der Waals surface area contributed by atoms with E-state index in [-0.39, 0.29) is 17.9 Å². The molecule has 278 valence electrons. The molecule has 0 aromatic heterocycles. The number of fused-ring (bicyclic) bond motifs is 2. The van der Waals surface area contributed by atoms with Gasteiger partial charge >= 0.3 is 5.97 Å². The standard InChI is InChI=1S/C48H47N3O4/c1-3-4-5-6-7-8-9-16-27-51-46-25-21-36(30-42(32-44(34-49)55-35-52)38-17-12-10-13-18-38)28-40(46)23-24-41-29-37(22-26-47(41)51)31-43(33-45(50-2)48(53)54)39-19-14-11-15-20-39/h10-15,17-22,25-26,28-33,35H,3-9,16,23-24,27H2,1H3,(H,53,54)/b42-30+,43-31+,44-32+,45-33-. The van der Waals surface area contributed by atoms with Gasteiger partial charge in [0, 0.05) is 17.9 Å². The van der Waals surface area contributed by atoms with Crippen molar-refractivity contribution >= 4 is 47.1 Å². The normalized spacial score (nSPS) is 13.2. The van der Waals surface area contributed by atoms with E-state index in [9.17, 15) is 20.0 Å². The molecular formula is C48H47N3O4. The summed E-state index contributed by atoms with van der Waals surface area (Å²) >= 11 is 0. The van der Waals surface area contributed by atoms with Crippen LogP contribution in [0.4, 0.5) is 11.4 Å². The van der Waals surface area contributed by atoms with E-state index >= 15 is 0 Å². The van der Waals surface area contributed by atoms with E-state index in [0.717, 1.165) is 71.4 Å². The SMILES string of the molecule is [C-]#[N+]/C(=C\C(=C/c1ccc2c(c1)CCc1cc(/C=C(\C=C(/C#N)OC=O)c3ccccc3)ccc1N2CCCCCCCCCC)c1ccccc1)C(=O)O. The van der Waals surface area contributed by atoms with Crippen LogP contribution in [0.2, 0.25) is 0 Å². The summed E-state index contributed by atoms with van der Waals surface area (Å²) in [5, 5.41) is 19.2. The molecule has 1 aliphatic heterocycles. The average Bonchev–Trinajstić information content (AvgIpc) is 3.36. The van der Waals surface area contributed by atoms with Crippen LogP contribution in [0.5, 0.6) is 0 Å². The average molecular weight is 730 g/mol. The van der Waals surface area contributed by atoms with Gasteiger partial charge in [-0.1, -0.05) is 125 Å². The quantitative estimate of drug-likeness (QED) is 0.0160. The molecule has 5 rings (SSSR count). The molecule has 0 spiro atoms. The number of hydrogen-bond donors (Lipinski definition) is 1. The molecular weight excluding hydrogens is 683 g/mol. The van der Waals surface area contributed by atoms with E-state index in [0.29, 0.717) is 5.57 Å². The lowest BCUT2D eigenvalue weighted by Gasteiger charge is -2.27. The van der Waals surface area contributed by atoms with E-state index in [1.807, 2.05) is 78.9 Å². The summed E-state index contributed by atoms with van der Waals surface area (Å²) in [5.41, 5.74) is 9.39. The highest BCUT2D eigenvalue weighted by atomic mass is 16.5. The number of allylic oxidation sites excluding steroid dienone is 5. The Morgan fingerprint density at radius 1 is 0.782 bits per heavy atom. The number of rotatable bonds is 18. The Morgan fingerprint density at radius 3 is 1.76 bits per heavy atom. The Labute approximate surface area is 325 Å². The van der Waals surface area contributed by atoms with E-state index in [4.69, 9.17) is 11.3 Å². The number of ether oxygens (including phenoxy) is 1. The van der Waals surface area contributed by atoms with Crippen molar-refractivity contribution in [2.45, 2.75) is 71.1 Å². The number of aliphatic carboxylic acids is 1. The van der Waals surface area contributed by atoms with Gasteiger partial charge in [0.15, 0.2) is 0 Å². The zero-order valence-corrected chi connectivity index (χ0v) is 31.4. The molecule has 4 aromatic rings. The maximum atomic E-state index is 11.8. The number of benzene rings is 4. The molecule has 0 fully saturated rings. The summed E-state index contributed by atoms with van der Waals surface area (Å²) in [6.45, 7) is 10.8. The molecule has 1 heterocycles. The van der Waals surface area contributed by atoms with Gasteiger partial charge in [0.1, 0.15) is 6.07 Å². The van der Waals surface area contributed by atoms with Gasteiger partial charge in [-0.25, -0.2) is 4.85 Å². The maximum absolute atomic E-state index is 11.8. The zero-order valence-electron chi connectivity index (χ0n) is 31.4. The van der Waals surface area contributed by atoms with Crippen molar-refractivity contribution in [1.82, 2.24) is 0 Å². The van der Waals surface area contributed by atoms with Gasteiger partial charge < -0.3 is 14.7 Å². The molecule has 0 radical (unpaired) electrons. The molecule has 7 nitrogen and oxygen atoms in total. The fourth-order valence-electron chi connectivity index (χ4n) is 6.97. The highest BCUT2D eigenvalue weighted by Crippen LogP contribution is 2.38. The van der Waals surface area contributed by atoms with Crippen LogP contribution >= 0.6 is 0 Å². The number of hydrogen-bond acceptors (Lipinski definition) is 5. The largest absolute Gasteiger partial charge is 0.486 e. The summed E-state index contributed by atoms with van der Waals surface area (Å²) in [6.07, 6.45) is 18.4. The highest BCUT2D eigenvalue weighted by Gasteiger charge is 2.21. The first kappa shape index (κ1) is 39.8. The lowest BCUT2D eigenvalue weighted by Crippen LogP contribution is -2.20. The first-order valence-electron chi connectivity index (χ1n) is 19.1. The van der Waals surface area contributed by atoms with Gasteiger partial charge in [0.25, 0.3) is 12.2 Å². The third kappa shape index (κ3) is 11.3. The number of nitriles is 1. The summed E-state index contributed by atoms with van der Waals surface area (Å²) in [6, 6.07) is 34.1. The maximum Gasteiger partial charge on any atom is 0.333 e. The number of aryl methyl sites for hydroxylation is 2. The van der Waals surface area contributed by atoms with E-state index < -0.39 is 5.97 Å². The van der Waals surface area contributed by atoms with Crippen LogP contribution in [0.3, 0.4) is 0 Å². The molecule has 1 aliphatic rings. The third-order valence-corrected chi connectivity index (χ3v) is 9.75. The Balaban J connectivity index is 1.52. The fraction of sp³-hybridized carbons (Fsp3) is 0.250. The number of carbonyl (C=O) groups is 2. The second-order valence-corrected chi connectivity index (χ2v) is 13.6. The summed E-state index contributed by atoms with van der Waals surface area (Å²) in [7, 11) is 0. The van der Waals surface area contributed by atoms with E-state index in [1.54, 1.807) is 6.08 Å². The summed E-state index contributed by atoms with van der Waals surface area (Å²) < 4.78 is 4.94. The molecule has 0 aliphatic carbocycles. The number of carboxylic acid groups (broad SMARTS) is 1. The molecule has 0 atom stereocenters. The van der Waals surface area contributed by atoms with Crippen molar-refractivity contribution in [2.24, 2.45) is 0 Å². The number of carbonyl (C=O) groups excluding carboxylic acids is 1. The van der Waals surface area contributed by atoms with Crippen molar-refractivity contribution in [3.05, 3.63) is 165 Å². The molecule has 0 unspecified atom stereocenters. The van der Waals surface area contributed by atoms with Gasteiger partial charge in [-0.2, -0.15) is 5.26 Å². The van der Waals surface area contributed by atoms with Crippen LogP contribution in [0.1, 0.15) is 91.7 Å². The van der Waals surface area contributed by atoms with Gasteiger partial charge in [0.05, 0.1) is 6.57 Å². The van der Waals surface area contributed by atoms with Gasteiger partial charge in [-0.15, -0.1) is 0 Å². The minimum Gasteiger partial charge on any atom is -0.486 e. The van der Waals surface area contributed by atoms with Crippen LogP contribution in [0.15, 0.2) is 121 Å². The second-order valence-electron chi connectivity index (χ2n) is 13.6. The lowest BCUT2D eigenvalue weighted by molar-refractivity contribution is -0.132. The zero-order chi connectivity index (χ0) is 38.8. The van der Waals surface area contributed by atoms with Gasteiger partial charge in [-0.3, -0.25) is 9.59 Å². The second kappa shape index (κ2) is 20.7. The van der Waals surface area contributed by atoms with E-state index in [2.05, 4.69) is 53.1 Å². The van der Waals surface area contributed by atoms with Gasteiger partial charge in [0.2, 0.25) is 5.76 Å². The smallest absolute Gasteiger partial charge is 0.333 e. The van der Waals surface area contributed by atoms with Crippen molar-refractivity contribution < 1.29 is 19.4 Å². The summed E-state index contributed by atoms with van der Waals surface area (Å²) in [4.78, 5) is 28.6. The number of carboxylic acids is 1. The van der Waals surface area contributed by atoms with Crippen molar-refractivity contribution in [1.29, 1.82) is 5.26 Å². The number of anilines is 2. The molecule has 7 heteroatoms. The fourth-order valence-corrected chi connectivity index (χ4v) is 6.97. The Kier molecular flexibility index (Phi) is 15.0. The topological polar surface area (TPSA) is 95.0 Å². The van der Waals surface area contributed by atoms with Gasteiger partial charge in [-0.05, 0) is 112 Å².